The molecular weight excluding hydrogens is 395 g/mol. The van der Waals surface area contributed by atoms with Crippen molar-refractivity contribution in [2.45, 2.75) is 25.5 Å². The average Bonchev–Trinajstić information content (AvgIpc) is 2.70. The van der Waals surface area contributed by atoms with E-state index in [1.165, 1.54) is 28.9 Å². The Morgan fingerprint density at radius 2 is 1.86 bits per heavy atom. The van der Waals surface area contributed by atoms with Gasteiger partial charge in [0.05, 0.1) is 30.7 Å². The molecule has 0 radical (unpaired) electrons. The third-order valence-electron chi connectivity index (χ3n) is 5.16. The van der Waals surface area contributed by atoms with E-state index >= 15 is 0 Å². The van der Waals surface area contributed by atoms with Crippen molar-refractivity contribution in [3.63, 3.8) is 0 Å². The number of benzene rings is 1. The zero-order valence-corrected chi connectivity index (χ0v) is 17.5. The van der Waals surface area contributed by atoms with E-state index in [-0.39, 0.29) is 11.4 Å². The standard InChI is InChI=1S/C20H25FN4O3S/c1-4-5-18-19(23-10-12-24(13-11-23)29(27,28)15(2)3)14-22-25(20(18)26)17-8-6-16(21)7-9-17/h4,6-9,14-15H,1,5,10-13H2,2-3H3/p+1. The molecule has 1 fully saturated rings. The van der Waals surface area contributed by atoms with Crippen molar-refractivity contribution in [1.82, 2.24) is 9.78 Å². The van der Waals surface area contributed by atoms with Gasteiger partial charge in [-0.1, -0.05) is 6.08 Å². The fourth-order valence-corrected chi connectivity index (χ4v) is 4.89. The fraction of sp³-hybridized carbons (Fsp3) is 0.400. The molecule has 29 heavy (non-hydrogen) atoms. The van der Waals surface area contributed by atoms with E-state index in [0.29, 0.717) is 53.8 Å². The second-order valence-electron chi connectivity index (χ2n) is 7.31. The molecule has 1 aromatic heterocycles. The summed E-state index contributed by atoms with van der Waals surface area (Å²) >= 11 is 0. The molecule has 1 aliphatic heterocycles. The van der Waals surface area contributed by atoms with E-state index in [2.05, 4.69) is 11.7 Å². The molecule has 9 heteroatoms. The first-order valence-corrected chi connectivity index (χ1v) is 11.1. The Morgan fingerprint density at radius 1 is 1.24 bits per heavy atom. The molecule has 0 aliphatic carbocycles. The van der Waals surface area contributed by atoms with Crippen molar-refractivity contribution in [2.75, 3.05) is 31.1 Å². The second kappa shape index (κ2) is 8.46. The number of hydrogen-bond acceptors (Lipinski definition) is 5. The van der Waals surface area contributed by atoms with Gasteiger partial charge in [-0.15, -0.1) is 6.58 Å². The molecule has 0 bridgehead atoms. The van der Waals surface area contributed by atoms with Gasteiger partial charge in [0.1, 0.15) is 24.2 Å². The lowest BCUT2D eigenvalue weighted by Gasteiger charge is -2.34. The quantitative estimate of drug-likeness (QED) is 0.689. The third-order valence-corrected chi connectivity index (χ3v) is 7.61. The highest BCUT2D eigenvalue weighted by molar-refractivity contribution is 7.85. The van der Waals surface area contributed by atoms with Crippen LogP contribution in [0.15, 0.2) is 47.9 Å². The highest BCUT2D eigenvalue weighted by Gasteiger charge is 2.33. The number of allylic oxidation sites excluding steroid dienone is 1. The van der Waals surface area contributed by atoms with Gasteiger partial charge in [-0.25, -0.2) is 8.70 Å². The normalized spacial score (nSPS) is 15.7. The molecule has 2 aromatic rings. The number of quaternary nitrogens is 1. The van der Waals surface area contributed by atoms with Crippen molar-refractivity contribution in [3.05, 3.63) is 64.9 Å². The Labute approximate surface area is 170 Å². The molecule has 1 aliphatic rings. The van der Waals surface area contributed by atoms with Crippen molar-refractivity contribution in [1.29, 1.82) is 0 Å². The molecule has 1 aromatic carbocycles. The number of rotatable bonds is 6. The first kappa shape index (κ1) is 21.2. The van der Waals surface area contributed by atoms with E-state index in [9.17, 15) is 17.6 Å². The van der Waals surface area contributed by atoms with Crippen LogP contribution in [0.5, 0.6) is 0 Å². The number of nitrogens with zero attached hydrogens (tertiary/aromatic N) is 3. The minimum atomic E-state index is -3.22. The third kappa shape index (κ3) is 4.25. The van der Waals surface area contributed by atoms with Crippen molar-refractivity contribution < 1.29 is 17.1 Å². The number of piperazine rings is 1. The van der Waals surface area contributed by atoms with E-state index in [0.717, 1.165) is 0 Å². The maximum Gasteiger partial charge on any atom is 0.297 e. The van der Waals surface area contributed by atoms with E-state index in [1.807, 2.05) is 4.90 Å². The number of halogens is 1. The minimum absolute atomic E-state index is 0.293. The molecule has 7 nitrogen and oxygen atoms in total. The molecule has 0 atom stereocenters. The Balaban J connectivity index is 1.91. The Kier molecular flexibility index (Phi) is 6.18. The lowest BCUT2D eigenvalue weighted by molar-refractivity contribution is -0.768. The van der Waals surface area contributed by atoms with Crippen LogP contribution in [0.2, 0.25) is 0 Å². The SMILES string of the molecule is C=CCc1c(N2CC[NH+](S(=O)(=O)C(C)C)CC2)cnn(-c2ccc(F)cc2)c1=O. The van der Waals surface area contributed by atoms with Crippen LogP contribution >= 0.6 is 0 Å². The number of aromatic nitrogens is 2. The lowest BCUT2D eigenvalue weighted by atomic mass is 10.1. The first-order valence-electron chi connectivity index (χ1n) is 9.57. The molecule has 1 saturated heterocycles. The van der Waals surface area contributed by atoms with Gasteiger partial charge >= 0.3 is 0 Å². The van der Waals surface area contributed by atoms with Gasteiger partial charge in [0.25, 0.3) is 15.6 Å². The van der Waals surface area contributed by atoms with Gasteiger partial charge in [0, 0.05) is 5.56 Å². The zero-order chi connectivity index (χ0) is 21.2. The number of anilines is 1. The summed E-state index contributed by atoms with van der Waals surface area (Å²) in [4.78, 5) is 15.1. The molecule has 0 saturated carbocycles. The van der Waals surface area contributed by atoms with Gasteiger partial charge in [-0.3, -0.25) is 4.79 Å². The number of sulfonamides is 1. The summed E-state index contributed by atoms with van der Waals surface area (Å²) in [7, 11) is -3.22. The van der Waals surface area contributed by atoms with Crippen LogP contribution < -0.4 is 14.8 Å². The second-order valence-corrected chi connectivity index (χ2v) is 9.92. The molecule has 0 unspecified atom stereocenters. The largest absolute Gasteiger partial charge is 0.358 e. The number of nitrogens with one attached hydrogen (secondary N) is 1. The summed E-state index contributed by atoms with van der Waals surface area (Å²) in [6.45, 7) is 9.02. The molecule has 3 rings (SSSR count). The fourth-order valence-electron chi connectivity index (χ4n) is 3.47. The van der Waals surface area contributed by atoms with Crippen molar-refractivity contribution >= 4 is 15.7 Å². The summed E-state index contributed by atoms with van der Waals surface area (Å²) in [5.74, 6) is -0.388. The zero-order valence-electron chi connectivity index (χ0n) is 16.6. The van der Waals surface area contributed by atoms with Crippen molar-refractivity contribution in [3.8, 4) is 5.69 Å². The van der Waals surface area contributed by atoms with Crippen LogP contribution in [0.25, 0.3) is 5.69 Å². The summed E-state index contributed by atoms with van der Waals surface area (Å²) in [6.07, 6.45) is 3.63. The maximum atomic E-state index is 13.2. The van der Waals surface area contributed by atoms with Crippen LogP contribution in [-0.2, 0) is 16.4 Å². The first-order chi connectivity index (χ1) is 13.8. The lowest BCUT2D eigenvalue weighted by Crippen LogP contribution is -3.17. The molecular formula is C20H26FN4O3S+. The summed E-state index contributed by atoms with van der Waals surface area (Å²) < 4.78 is 39.8. The van der Waals surface area contributed by atoms with Crippen LogP contribution in [-0.4, -0.2) is 49.6 Å². The van der Waals surface area contributed by atoms with E-state index < -0.39 is 15.3 Å². The summed E-state index contributed by atoms with van der Waals surface area (Å²) in [5.41, 5.74) is 1.41. The smallest absolute Gasteiger partial charge is 0.297 e. The summed E-state index contributed by atoms with van der Waals surface area (Å²) in [6, 6.07) is 5.56. The number of hydrogen-bond donors (Lipinski definition) is 1. The van der Waals surface area contributed by atoms with Crippen molar-refractivity contribution in [2.24, 2.45) is 0 Å². The predicted octanol–water partition coefficient (Wildman–Crippen LogP) is 0.543. The maximum absolute atomic E-state index is 13.2. The van der Waals surface area contributed by atoms with Gasteiger partial charge in [-0.05, 0) is 44.5 Å². The van der Waals surface area contributed by atoms with Gasteiger partial charge in [0.2, 0.25) is 0 Å². The van der Waals surface area contributed by atoms with Gasteiger partial charge in [-0.2, -0.15) is 18.2 Å². The van der Waals surface area contributed by atoms with Gasteiger partial charge < -0.3 is 4.90 Å². The van der Waals surface area contributed by atoms with Crippen LogP contribution in [0.3, 0.4) is 0 Å². The van der Waals surface area contributed by atoms with Crippen LogP contribution in [0, 0.1) is 5.82 Å². The Morgan fingerprint density at radius 3 is 2.41 bits per heavy atom. The van der Waals surface area contributed by atoms with Gasteiger partial charge in [0.15, 0.2) is 0 Å². The van der Waals surface area contributed by atoms with Crippen LogP contribution in [0.4, 0.5) is 10.1 Å². The molecule has 2 heterocycles. The topological polar surface area (TPSA) is 76.7 Å². The Bertz CT molecular complexity index is 1040. The minimum Gasteiger partial charge on any atom is -0.358 e. The molecule has 156 valence electrons. The van der Waals surface area contributed by atoms with Crippen LogP contribution in [0.1, 0.15) is 19.4 Å². The predicted molar refractivity (Wildman–Crippen MR) is 111 cm³/mol. The summed E-state index contributed by atoms with van der Waals surface area (Å²) in [5, 5.41) is 3.84. The molecule has 0 amide bonds. The average molecular weight is 422 g/mol. The molecule has 0 spiro atoms. The highest BCUT2D eigenvalue weighted by atomic mass is 32.2. The monoisotopic (exact) mass is 421 g/mol. The van der Waals surface area contributed by atoms with E-state index in [4.69, 9.17) is 0 Å². The Hall–Kier alpha value is -2.52. The molecule has 1 N–H and O–H groups in total. The highest BCUT2D eigenvalue weighted by Crippen LogP contribution is 2.18. The van der Waals surface area contributed by atoms with E-state index in [1.54, 1.807) is 26.1 Å².